The molecule has 0 atom stereocenters. The fourth-order valence-electron chi connectivity index (χ4n) is 2.19. The molecule has 0 aromatic heterocycles. The van der Waals surface area contributed by atoms with E-state index in [0.717, 1.165) is 0 Å². The zero-order chi connectivity index (χ0) is 14.8. The molecule has 3 rings (SSSR count). The molecule has 21 heavy (non-hydrogen) atoms. The molecule has 5 heteroatoms. The molecule has 0 saturated heterocycles. The Balaban J connectivity index is 1.82. The Morgan fingerprint density at radius 2 is 2.10 bits per heavy atom. The number of rotatable bonds is 3. The van der Waals surface area contributed by atoms with Crippen molar-refractivity contribution in [2.45, 2.75) is 6.42 Å². The van der Waals surface area contributed by atoms with Gasteiger partial charge in [-0.25, -0.2) is 4.39 Å². The van der Waals surface area contributed by atoms with E-state index in [-0.39, 0.29) is 30.5 Å². The summed E-state index contributed by atoms with van der Waals surface area (Å²) in [5.41, 5.74) is 1.54. The van der Waals surface area contributed by atoms with E-state index in [1.54, 1.807) is 30.3 Å². The summed E-state index contributed by atoms with van der Waals surface area (Å²) in [6.45, 7) is -0.0242. The van der Waals surface area contributed by atoms with Crippen molar-refractivity contribution in [1.29, 1.82) is 0 Å². The van der Waals surface area contributed by atoms with Crippen molar-refractivity contribution in [2.24, 2.45) is 0 Å². The average Bonchev–Trinajstić information content (AvgIpc) is 2.46. The second-order valence-corrected chi connectivity index (χ2v) is 4.78. The van der Waals surface area contributed by atoms with Crippen LogP contribution in [0.15, 0.2) is 42.5 Å². The predicted molar refractivity (Wildman–Crippen MR) is 75.0 cm³/mol. The molecule has 2 aromatic carbocycles. The van der Waals surface area contributed by atoms with Gasteiger partial charge in [0.1, 0.15) is 11.6 Å². The van der Waals surface area contributed by atoms with Crippen LogP contribution in [-0.2, 0) is 11.2 Å². The van der Waals surface area contributed by atoms with Crippen molar-refractivity contribution in [1.82, 2.24) is 0 Å². The molecule has 4 nitrogen and oxygen atoms in total. The third-order valence-electron chi connectivity index (χ3n) is 3.19. The molecule has 0 fully saturated rings. The number of ether oxygens (including phenoxy) is 1. The van der Waals surface area contributed by atoms with Crippen molar-refractivity contribution < 1.29 is 18.7 Å². The molecule has 0 unspecified atom stereocenters. The van der Waals surface area contributed by atoms with Gasteiger partial charge in [-0.05, 0) is 35.9 Å². The first-order valence-electron chi connectivity index (χ1n) is 6.46. The number of carbonyl (C=O) groups is 2. The third kappa shape index (κ3) is 2.91. The molecule has 2 aromatic rings. The van der Waals surface area contributed by atoms with E-state index < -0.39 is 0 Å². The normalized spacial score (nSPS) is 13.1. The van der Waals surface area contributed by atoms with E-state index in [2.05, 4.69) is 5.32 Å². The van der Waals surface area contributed by atoms with Crippen LogP contribution in [0.5, 0.6) is 5.75 Å². The summed E-state index contributed by atoms with van der Waals surface area (Å²) in [6, 6.07) is 10.8. The Kier molecular flexibility index (Phi) is 3.39. The standard InChI is InChI=1S/C16H12FNO3/c17-12-3-1-2-10(6-12)7-14(19)11-4-5-15-13(8-11)18-16(20)9-21-15/h1-6,8H,7,9H2,(H,18,20). The number of benzene rings is 2. The predicted octanol–water partition coefficient (Wildman–Crippen LogP) is 2.58. The molecule has 0 bridgehead atoms. The fourth-order valence-corrected chi connectivity index (χ4v) is 2.19. The lowest BCUT2D eigenvalue weighted by Crippen LogP contribution is -2.25. The first-order valence-corrected chi connectivity index (χ1v) is 6.46. The number of ketones is 1. The minimum Gasteiger partial charge on any atom is -0.482 e. The van der Waals surface area contributed by atoms with Crippen LogP contribution in [0.1, 0.15) is 15.9 Å². The topological polar surface area (TPSA) is 55.4 Å². The summed E-state index contributed by atoms with van der Waals surface area (Å²) in [5.74, 6) is -0.233. The Morgan fingerprint density at radius 1 is 1.24 bits per heavy atom. The highest BCUT2D eigenvalue weighted by molar-refractivity contribution is 6.01. The van der Waals surface area contributed by atoms with Crippen molar-refractivity contribution in [3.63, 3.8) is 0 Å². The largest absolute Gasteiger partial charge is 0.482 e. The maximum absolute atomic E-state index is 13.1. The second kappa shape index (κ2) is 5.36. The molecule has 1 N–H and O–H groups in total. The van der Waals surface area contributed by atoms with Crippen LogP contribution < -0.4 is 10.1 Å². The number of nitrogens with one attached hydrogen (secondary N) is 1. The highest BCUT2D eigenvalue weighted by Crippen LogP contribution is 2.28. The van der Waals surface area contributed by atoms with Gasteiger partial charge < -0.3 is 10.1 Å². The van der Waals surface area contributed by atoms with Gasteiger partial charge in [0.25, 0.3) is 5.91 Å². The van der Waals surface area contributed by atoms with Gasteiger partial charge in [-0.2, -0.15) is 0 Å². The van der Waals surface area contributed by atoms with Gasteiger partial charge in [-0.3, -0.25) is 9.59 Å². The zero-order valence-electron chi connectivity index (χ0n) is 11.1. The van der Waals surface area contributed by atoms with E-state index >= 15 is 0 Å². The molecule has 0 saturated carbocycles. The van der Waals surface area contributed by atoms with Crippen molar-refractivity contribution in [2.75, 3.05) is 11.9 Å². The molecule has 0 aliphatic carbocycles. The van der Waals surface area contributed by atoms with Crippen LogP contribution in [0.3, 0.4) is 0 Å². The lowest BCUT2D eigenvalue weighted by atomic mass is 10.0. The van der Waals surface area contributed by atoms with Gasteiger partial charge in [0.2, 0.25) is 0 Å². The number of amides is 1. The van der Waals surface area contributed by atoms with Crippen LogP contribution in [0, 0.1) is 5.82 Å². The summed E-state index contributed by atoms with van der Waals surface area (Å²) in [6.07, 6.45) is 0.103. The van der Waals surface area contributed by atoms with Gasteiger partial charge in [-0.1, -0.05) is 12.1 Å². The van der Waals surface area contributed by atoms with Crippen LogP contribution in [0.25, 0.3) is 0 Å². The molecule has 1 heterocycles. The van der Waals surface area contributed by atoms with Crippen molar-refractivity contribution >= 4 is 17.4 Å². The van der Waals surface area contributed by atoms with Gasteiger partial charge >= 0.3 is 0 Å². The van der Waals surface area contributed by atoms with Gasteiger partial charge in [0.15, 0.2) is 12.4 Å². The number of carbonyl (C=O) groups excluding carboxylic acids is 2. The quantitative estimate of drug-likeness (QED) is 0.882. The number of Topliss-reactive ketones (excluding diaryl/α,β-unsaturated/α-hetero) is 1. The van der Waals surface area contributed by atoms with E-state index in [0.29, 0.717) is 22.6 Å². The molecule has 1 amide bonds. The first kappa shape index (κ1) is 13.3. The average molecular weight is 285 g/mol. The number of halogens is 1. The zero-order valence-corrected chi connectivity index (χ0v) is 11.1. The first-order chi connectivity index (χ1) is 10.1. The summed E-state index contributed by atoms with van der Waals surface area (Å²) < 4.78 is 18.3. The lowest BCUT2D eigenvalue weighted by molar-refractivity contribution is -0.118. The molecule has 0 spiro atoms. The Morgan fingerprint density at radius 3 is 2.90 bits per heavy atom. The smallest absolute Gasteiger partial charge is 0.262 e. The van der Waals surface area contributed by atoms with E-state index in [4.69, 9.17) is 4.74 Å². The molecular weight excluding hydrogens is 273 g/mol. The van der Waals surface area contributed by atoms with Crippen LogP contribution in [0.2, 0.25) is 0 Å². The van der Waals surface area contributed by atoms with E-state index in [1.165, 1.54) is 12.1 Å². The van der Waals surface area contributed by atoms with Gasteiger partial charge in [0.05, 0.1) is 5.69 Å². The fraction of sp³-hybridized carbons (Fsp3) is 0.125. The van der Waals surface area contributed by atoms with Crippen LogP contribution >= 0.6 is 0 Å². The van der Waals surface area contributed by atoms with Crippen LogP contribution in [0.4, 0.5) is 10.1 Å². The molecular formula is C16H12FNO3. The van der Waals surface area contributed by atoms with Crippen molar-refractivity contribution in [3.05, 3.63) is 59.4 Å². The highest BCUT2D eigenvalue weighted by atomic mass is 19.1. The maximum Gasteiger partial charge on any atom is 0.262 e. The monoisotopic (exact) mass is 285 g/mol. The Labute approximate surface area is 120 Å². The van der Waals surface area contributed by atoms with Crippen molar-refractivity contribution in [3.8, 4) is 5.75 Å². The van der Waals surface area contributed by atoms with Gasteiger partial charge in [-0.15, -0.1) is 0 Å². The lowest BCUT2D eigenvalue weighted by Gasteiger charge is -2.18. The third-order valence-corrected chi connectivity index (χ3v) is 3.19. The minimum absolute atomic E-state index is 0.0242. The maximum atomic E-state index is 13.1. The minimum atomic E-state index is -0.369. The van der Waals surface area contributed by atoms with Gasteiger partial charge in [0, 0.05) is 12.0 Å². The molecule has 0 radical (unpaired) electrons. The summed E-state index contributed by atoms with van der Waals surface area (Å²) in [5, 5.41) is 2.65. The Bertz CT molecular complexity index is 727. The van der Waals surface area contributed by atoms with Crippen LogP contribution in [-0.4, -0.2) is 18.3 Å². The second-order valence-electron chi connectivity index (χ2n) is 4.78. The van der Waals surface area contributed by atoms with E-state index in [9.17, 15) is 14.0 Å². The summed E-state index contributed by atoms with van der Waals surface area (Å²) in [7, 11) is 0. The number of hydrogen-bond donors (Lipinski definition) is 1. The Hall–Kier alpha value is -2.69. The number of fused-ring (bicyclic) bond motifs is 1. The SMILES string of the molecule is O=C1COc2ccc(C(=O)Cc3cccc(F)c3)cc2N1. The molecule has 1 aliphatic rings. The molecule has 106 valence electrons. The summed E-state index contributed by atoms with van der Waals surface area (Å²) >= 11 is 0. The highest BCUT2D eigenvalue weighted by Gasteiger charge is 2.18. The van der Waals surface area contributed by atoms with E-state index in [1.807, 2.05) is 0 Å². The summed E-state index contributed by atoms with van der Waals surface area (Å²) in [4.78, 5) is 23.5. The molecule has 1 aliphatic heterocycles. The number of hydrogen-bond acceptors (Lipinski definition) is 3. The number of anilines is 1.